The number of hydrogen-bond donors (Lipinski definition) is 2. The zero-order chi connectivity index (χ0) is 13.4. The Morgan fingerprint density at radius 3 is 2.50 bits per heavy atom. The van der Waals surface area contributed by atoms with Gasteiger partial charge in [0.05, 0.1) is 0 Å². The van der Waals surface area contributed by atoms with Gasteiger partial charge in [-0.2, -0.15) is 0 Å². The maximum absolute atomic E-state index is 11.5. The number of benzene rings is 1. The fourth-order valence-corrected chi connectivity index (χ4v) is 1.75. The summed E-state index contributed by atoms with van der Waals surface area (Å²) in [7, 11) is 5.93. The maximum Gasteiger partial charge on any atom is 0.221 e. The second kappa shape index (κ2) is 7.84. The Morgan fingerprint density at radius 1 is 1.22 bits per heavy atom. The normalized spacial score (nSPS) is 10.7. The van der Waals surface area contributed by atoms with Gasteiger partial charge in [-0.3, -0.25) is 4.79 Å². The molecule has 0 heterocycles. The Morgan fingerprint density at radius 2 is 1.89 bits per heavy atom. The summed E-state index contributed by atoms with van der Waals surface area (Å²) in [5.41, 5.74) is 2.44. The highest BCUT2D eigenvalue weighted by Gasteiger charge is 2.05. The molecule has 4 heteroatoms. The van der Waals surface area contributed by atoms with Gasteiger partial charge in [0.15, 0.2) is 0 Å². The second-order valence-corrected chi connectivity index (χ2v) is 4.64. The Balaban J connectivity index is 2.53. The summed E-state index contributed by atoms with van der Waals surface area (Å²) in [5, 5.41) is 5.92. The van der Waals surface area contributed by atoms with Crippen LogP contribution < -0.4 is 10.6 Å². The van der Waals surface area contributed by atoms with E-state index in [4.69, 9.17) is 0 Å². The zero-order valence-corrected chi connectivity index (χ0v) is 11.5. The van der Waals surface area contributed by atoms with Gasteiger partial charge in [0.2, 0.25) is 5.91 Å². The topological polar surface area (TPSA) is 44.4 Å². The van der Waals surface area contributed by atoms with E-state index in [0.29, 0.717) is 19.5 Å². The van der Waals surface area contributed by atoms with Gasteiger partial charge >= 0.3 is 0 Å². The maximum atomic E-state index is 11.5. The Hall–Kier alpha value is -1.39. The van der Waals surface area contributed by atoms with Crippen molar-refractivity contribution in [2.24, 2.45) is 0 Å². The van der Waals surface area contributed by atoms with Crippen molar-refractivity contribution >= 4 is 5.91 Å². The fourth-order valence-electron chi connectivity index (χ4n) is 1.75. The number of rotatable bonds is 7. The zero-order valence-electron chi connectivity index (χ0n) is 11.5. The van der Waals surface area contributed by atoms with E-state index in [1.54, 1.807) is 0 Å². The molecule has 1 aromatic rings. The molecule has 0 fully saturated rings. The van der Waals surface area contributed by atoms with Crippen LogP contribution in [0.5, 0.6) is 0 Å². The smallest absolute Gasteiger partial charge is 0.221 e. The highest BCUT2D eigenvalue weighted by molar-refractivity contribution is 5.76. The molecular weight excluding hydrogens is 226 g/mol. The van der Waals surface area contributed by atoms with E-state index in [9.17, 15) is 4.79 Å². The molecule has 0 spiro atoms. The van der Waals surface area contributed by atoms with Crippen molar-refractivity contribution in [1.29, 1.82) is 0 Å². The van der Waals surface area contributed by atoms with Gasteiger partial charge in [-0.05, 0) is 32.3 Å². The predicted molar refractivity (Wildman–Crippen MR) is 74.2 cm³/mol. The van der Waals surface area contributed by atoms with Crippen LogP contribution in [0.1, 0.15) is 17.5 Å². The quantitative estimate of drug-likeness (QED) is 0.757. The van der Waals surface area contributed by atoms with Gasteiger partial charge in [0.25, 0.3) is 0 Å². The van der Waals surface area contributed by atoms with Gasteiger partial charge in [0, 0.05) is 26.1 Å². The third-order valence-corrected chi connectivity index (χ3v) is 2.68. The van der Waals surface area contributed by atoms with Crippen molar-refractivity contribution in [2.45, 2.75) is 19.5 Å². The minimum absolute atomic E-state index is 0.0870. The lowest BCUT2D eigenvalue weighted by Crippen LogP contribution is -2.26. The molecule has 0 aliphatic carbocycles. The highest BCUT2D eigenvalue weighted by Crippen LogP contribution is 2.10. The Bertz CT molecular complexity index is 377. The largest absolute Gasteiger partial charge is 0.352 e. The summed E-state index contributed by atoms with van der Waals surface area (Å²) >= 11 is 0. The third-order valence-electron chi connectivity index (χ3n) is 2.68. The highest BCUT2D eigenvalue weighted by atomic mass is 16.1. The lowest BCUT2D eigenvalue weighted by molar-refractivity contribution is -0.121. The number of hydrogen-bond acceptors (Lipinski definition) is 3. The van der Waals surface area contributed by atoms with E-state index >= 15 is 0 Å². The molecule has 0 radical (unpaired) electrons. The first-order valence-corrected chi connectivity index (χ1v) is 6.26. The van der Waals surface area contributed by atoms with E-state index < -0.39 is 0 Å². The molecule has 1 amide bonds. The molecule has 0 aliphatic rings. The lowest BCUT2D eigenvalue weighted by Gasteiger charge is -2.14. The van der Waals surface area contributed by atoms with Crippen LogP contribution in [0.3, 0.4) is 0 Å². The van der Waals surface area contributed by atoms with E-state index in [-0.39, 0.29) is 5.91 Å². The minimum Gasteiger partial charge on any atom is -0.352 e. The summed E-state index contributed by atoms with van der Waals surface area (Å²) in [6.45, 7) is 2.21. The van der Waals surface area contributed by atoms with Crippen LogP contribution in [0.2, 0.25) is 0 Å². The van der Waals surface area contributed by atoms with Gasteiger partial charge < -0.3 is 15.5 Å². The van der Waals surface area contributed by atoms with Crippen molar-refractivity contribution in [1.82, 2.24) is 15.5 Å². The van der Waals surface area contributed by atoms with Crippen LogP contribution in [0.4, 0.5) is 0 Å². The first kappa shape index (κ1) is 14.7. The standard InChI is InChI=1S/C14H23N3O/c1-15-9-8-14(18)16-10-12-6-4-5-7-13(12)11-17(2)3/h4-7,15H,8-11H2,1-3H3,(H,16,18). The summed E-state index contributed by atoms with van der Waals surface area (Å²) in [6.07, 6.45) is 0.520. The molecule has 4 nitrogen and oxygen atoms in total. The molecule has 0 unspecified atom stereocenters. The van der Waals surface area contributed by atoms with Gasteiger partial charge in [-0.25, -0.2) is 0 Å². The molecule has 0 bridgehead atoms. The van der Waals surface area contributed by atoms with Crippen molar-refractivity contribution in [3.8, 4) is 0 Å². The van der Waals surface area contributed by atoms with Crippen LogP contribution in [0, 0.1) is 0 Å². The number of nitrogens with one attached hydrogen (secondary N) is 2. The van der Waals surface area contributed by atoms with Crippen LogP contribution in [0.15, 0.2) is 24.3 Å². The van der Waals surface area contributed by atoms with Crippen molar-refractivity contribution in [3.63, 3.8) is 0 Å². The molecule has 2 N–H and O–H groups in total. The average Bonchev–Trinajstić information content (AvgIpc) is 2.34. The molecule has 100 valence electrons. The number of carbonyl (C=O) groups excluding carboxylic acids is 1. The molecule has 0 saturated carbocycles. The van der Waals surface area contributed by atoms with Crippen molar-refractivity contribution < 1.29 is 4.79 Å². The van der Waals surface area contributed by atoms with E-state index in [1.165, 1.54) is 11.1 Å². The second-order valence-electron chi connectivity index (χ2n) is 4.64. The SMILES string of the molecule is CNCCC(=O)NCc1ccccc1CN(C)C. The summed E-state index contributed by atoms with van der Waals surface area (Å²) < 4.78 is 0. The molecule has 1 aromatic carbocycles. The van der Waals surface area contributed by atoms with Crippen LogP contribution in [0.25, 0.3) is 0 Å². The average molecular weight is 249 g/mol. The third kappa shape index (κ3) is 5.29. The molecule has 0 atom stereocenters. The van der Waals surface area contributed by atoms with Gasteiger partial charge in [-0.15, -0.1) is 0 Å². The van der Waals surface area contributed by atoms with E-state index in [0.717, 1.165) is 6.54 Å². The number of amides is 1. The van der Waals surface area contributed by atoms with Gasteiger partial charge in [0.1, 0.15) is 0 Å². The molecule has 0 aromatic heterocycles. The fraction of sp³-hybridized carbons (Fsp3) is 0.500. The number of carbonyl (C=O) groups is 1. The van der Waals surface area contributed by atoms with Crippen LogP contribution in [-0.4, -0.2) is 38.5 Å². The van der Waals surface area contributed by atoms with E-state index in [2.05, 4.69) is 27.7 Å². The summed E-state index contributed by atoms with van der Waals surface area (Å²) in [4.78, 5) is 13.7. The van der Waals surface area contributed by atoms with Crippen LogP contribution >= 0.6 is 0 Å². The Labute approximate surface area is 109 Å². The van der Waals surface area contributed by atoms with Crippen LogP contribution in [-0.2, 0) is 17.9 Å². The van der Waals surface area contributed by atoms with Crippen molar-refractivity contribution in [3.05, 3.63) is 35.4 Å². The molecule has 0 aliphatic heterocycles. The minimum atomic E-state index is 0.0870. The number of nitrogens with zero attached hydrogens (tertiary/aromatic N) is 1. The van der Waals surface area contributed by atoms with Gasteiger partial charge in [-0.1, -0.05) is 24.3 Å². The summed E-state index contributed by atoms with van der Waals surface area (Å²) in [6, 6.07) is 8.21. The first-order chi connectivity index (χ1) is 8.63. The monoisotopic (exact) mass is 249 g/mol. The molecule has 0 saturated heterocycles. The molecule has 18 heavy (non-hydrogen) atoms. The predicted octanol–water partition coefficient (Wildman–Crippen LogP) is 0.974. The molecular formula is C14H23N3O. The Kier molecular flexibility index (Phi) is 6.39. The molecule has 1 rings (SSSR count). The first-order valence-electron chi connectivity index (χ1n) is 6.26. The lowest BCUT2D eigenvalue weighted by atomic mass is 10.1. The van der Waals surface area contributed by atoms with E-state index in [1.807, 2.05) is 33.3 Å². The van der Waals surface area contributed by atoms with Crippen molar-refractivity contribution in [2.75, 3.05) is 27.7 Å². The summed E-state index contributed by atoms with van der Waals surface area (Å²) in [5.74, 6) is 0.0870.